The number of amides is 2. The number of carbonyl (C=O) groups is 3. The van der Waals surface area contributed by atoms with Crippen molar-refractivity contribution in [3.63, 3.8) is 0 Å². The van der Waals surface area contributed by atoms with Gasteiger partial charge in [-0.1, -0.05) is 56.7 Å². The van der Waals surface area contributed by atoms with Crippen LogP contribution < -0.4 is 10.6 Å². The van der Waals surface area contributed by atoms with E-state index in [-0.39, 0.29) is 17.2 Å². The fourth-order valence-electron chi connectivity index (χ4n) is 6.90. The molecule has 2 saturated carbocycles. The molecule has 6 heteroatoms. The van der Waals surface area contributed by atoms with Crippen LogP contribution in [0.15, 0.2) is 59.9 Å². The summed E-state index contributed by atoms with van der Waals surface area (Å²) < 4.78 is 0. The van der Waals surface area contributed by atoms with Crippen LogP contribution in [0.5, 0.6) is 0 Å². The minimum atomic E-state index is -0.669. The van der Waals surface area contributed by atoms with E-state index >= 15 is 0 Å². The van der Waals surface area contributed by atoms with Gasteiger partial charge in [-0.15, -0.1) is 0 Å². The van der Waals surface area contributed by atoms with Gasteiger partial charge in [0, 0.05) is 12.6 Å². The number of aliphatic hydroxyl groups is 1. The average molecular weight is 479 g/mol. The van der Waals surface area contributed by atoms with E-state index in [1.165, 1.54) is 25.3 Å². The van der Waals surface area contributed by atoms with Crippen LogP contribution in [0.1, 0.15) is 52.4 Å². The largest absolute Gasteiger partial charge is 0.507 e. The molecule has 1 saturated heterocycles. The van der Waals surface area contributed by atoms with Crippen molar-refractivity contribution in [2.45, 2.75) is 58.4 Å². The van der Waals surface area contributed by atoms with E-state index in [4.69, 9.17) is 0 Å². The van der Waals surface area contributed by atoms with Crippen LogP contribution in [0.2, 0.25) is 0 Å². The number of hydrogen-bond acceptors (Lipinski definition) is 4. The highest BCUT2D eigenvalue weighted by Crippen LogP contribution is 2.57. The zero-order valence-electron chi connectivity index (χ0n) is 20.8. The zero-order chi connectivity index (χ0) is 24.9. The van der Waals surface area contributed by atoms with Gasteiger partial charge in [0.2, 0.25) is 5.91 Å². The Morgan fingerprint density at radius 1 is 1.06 bits per heavy atom. The van der Waals surface area contributed by atoms with E-state index in [1.54, 1.807) is 12.2 Å². The summed E-state index contributed by atoms with van der Waals surface area (Å²) in [6.45, 7) is 5.12. The Bertz CT molecular complexity index is 989. The van der Waals surface area contributed by atoms with Gasteiger partial charge in [0.25, 0.3) is 5.91 Å². The molecule has 0 spiro atoms. The Hall–Kier alpha value is -2.89. The summed E-state index contributed by atoms with van der Waals surface area (Å²) in [5, 5.41) is 15.9. The summed E-state index contributed by atoms with van der Waals surface area (Å²) >= 11 is 0. The second-order valence-corrected chi connectivity index (χ2v) is 10.5. The Morgan fingerprint density at radius 3 is 2.66 bits per heavy atom. The first kappa shape index (κ1) is 25.2. The van der Waals surface area contributed by atoms with Gasteiger partial charge < -0.3 is 15.7 Å². The molecule has 2 aliphatic carbocycles. The molecule has 2 heterocycles. The highest BCUT2D eigenvalue weighted by molar-refractivity contribution is 6.27. The van der Waals surface area contributed by atoms with Gasteiger partial charge in [-0.3, -0.25) is 14.4 Å². The van der Waals surface area contributed by atoms with Crippen molar-refractivity contribution >= 4 is 17.6 Å². The molecule has 4 rings (SSSR count). The first-order chi connectivity index (χ1) is 16.9. The Kier molecular flexibility index (Phi) is 8.09. The standard InChI is InChI=1S/C29H38N2O4/c1-3-19-16-21-17-20-10-7-8-14-25(33)30-15-9-12-23-28(34)27(29(35)31-23)24(32)13-6-4-5-11-22(20)26(21)18(19)2/h4-8,10,13-14,18-23,26,32H,3,9,11-12,15-17H2,1-2H3,(H,30,33)(H,31,35). The molecule has 0 aromatic rings. The van der Waals surface area contributed by atoms with Crippen LogP contribution in [0.25, 0.3) is 0 Å². The number of fused-ring (bicyclic) bond motifs is 5. The maximum atomic E-state index is 12.6. The quantitative estimate of drug-likeness (QED) is 0.489. The third kappa shape index (κ3) is 5.52. The maximum absolute atomic E-state index is 12.6. The van der Waals surface area contributed by atoms with Gasteiger partial charge >= 0.3 is 0 Å². The monoisotopic (exact) mass is 478 g/mol. The van der Waals surface area contributed by atoms with Crippen molar-refractivity contribution < 1.29 is 19.5 Å². The number of aliphatic hydroxyl groups excluding tert-OH is 1. The predicted molar refractivity (Wildman–Crippen MR) is 136 cm³/mol. The highest BCUT2D eigenvalue weighted by atomic mass is 16.3. The fourth-order valence-corrected chi connectivity index (χ4v) is 6.90. The first-order valence-electron chi connectivity index (χ1n) is 13.1. The molecule has 188 valence electrons. The average Bonchev–Trinajstić information content (AvgIpc) is 3.43. The van der Waals surface area contributed by atoms with Crippen LogP contribution in [0, 0.1) is 35.5 Å². The van der Waals surface area contributed by atoms with Crippen molar-refractivity contribution in [1.82, 2.24) is 10.6 Å². The summed E-state index contributed by atoms with van der Waals surface area (Å²) in [5.41, 5.74) is -0.185. The lowest BCUT2D eigenvalue weighted by atomic mass is 9.78. The number of hydrogen-bond donors (Lipinski definition) is 3. The normalized spacial score (nSPS) is 36.2. The predicted octanol–water partition coefficient (Wildman–Crippen LogP) is 4.33. The first-order valence-corrected chi connectivity index (χ1v) is 13.1. The third-order valence-corrected chi connectivity index (χ3v) is 8.59. The second kappa shape index (κ2) is 11.2. The topological polar surface area (TPSA) is 95.5 Å². The number of carbonyl (C=O) groups excluding carboxylic acids is 3. The second-order valence-electron chi connectivity index (χ2n) is 10.5. The van der Waals surface area contributed by atoms with Gasteiger partial charge in [-0.2, -0.15) is 0 Å². The van der Waals surface area contributed by atoms with E-state index in [2.05, 4.69) is 36.6 Å². The molecule has 2 aliphatic heterocycles. The van der Waals surface area contributed by atoms with Gasteiger partial charge in [-0.05, 0) is 73.7 Å². The van der Waals surface area contributed by atoms with Crippen LogP contribution in [0.3, 0.4) is 0 Å². The molecule has 0 aromatic carbocycles. The van der Waals surface area contributed by atoms with E-state index in [9.17, 15) is 19.5 Å². The van der Waals surface area contributed by atoms with Crippen molar-refractivity contribution in [2.24, 2.45) is 35.5 Å². The number of Topliss-reactive ketones (excluding diaryl/α,β-unsaturated/α-hetero) is 1. The van der Waals surface area contributed by atoms with Crippen molar-refractivity contribution in [3.8, 4) is 0 Å². The van der Waals surface area contributed by atoms with E-state index in [0.717, 1.165) is 18.3 Å². The summed E-state index contributed by atoms with van der Waals surface area (Å²) in [6.07, 6.45) is 20.4. The van der Waals surface area contributed by atoms with E-state index in [1.807, 2.05) is 18.2 Å². The molecular weight excluding hydrogens is 440 g/mol. The number of ketones is 1. The smallest absolute Gasteiger partial charge is 0.259 e. The molecule has 0 radical (unpaired) electrons. The SMILES string of the molecule is CCC1CC2CC3C=CC=CC(=O)NCCCC4NC(=O)C(=C(O)C=CC=CCC3C2C1C)C4=O. The Labute approximate surface area is 208 Å². The Balaban J connectivity index is 1.56. The van der Waals surface area contributed by atoms with Crippen molar-refractivity contribution in [3.05, 3.63) is 59.9 Å². The van der Waals surface area contributed by atoms with Crippen LogP contribution in [-0.4, -0.2) is 35.3 Å². The molecule has 35 heavy (non-hydrogen) atoms. The van der Waals surface area contributed by atoms with Crippen LogP contribution in [-0.2, 0) is 14.4 Å². The number of rotatable bonds is 1. The number of allylic oxidation sites excluding steroid dienone is 7. The van der Waals surface area contributed by atoms with Gasteiger partial charge in [0.15, 0.2) is 5.78 Å². The highest BCUT2D eigenvalue weighted by Gasteiger charge is 2.50. The molecule has 7 unspecified atom stereocenters. The molecule has 0 aromatic heterocycles. The maximum Gasteiger partial charge on any atom is 0.259 e. The molecule has 3 fully saturated rings. The molecule has 7 atom stereocenters. The molecule has 3 N–H and O–H groups in total. The van der Waals surface area contributed by atoms with Gasteiger partial charge in [0.1, 0.15) is 11.3 Å². The third-order valence-electron chi connectivity index (χ3n) is 8.59. The summed E-state index contributed by atoms with van der Waals surface area (Å²) in [6, 6.07) is -0.669. The van der Waals surface area contributed by atoms with E-state index in [0.29, 0.717) is 43.1 Å². The molecule has 2 bridgehead atoms. The van der Waals surface area contributed by atoms with Gasteiger partial charge in [-0.25, -0.2) is 0 Å². The molecule has 6 nitrogen and oxygen atoms in total. The van der Waals surface area contributed by atoms with Crippen molar-refractivity contribution in [2.75, 3.05) is 6.54 Å². The minimum Gasteiger partial charge on any atom is -0.507 e. The van der Waals surface area contributed by atoms with Crippen LogP contribution >= 0.6 is 0 Å². The molecule has 4 aliphatic rings. The van der Waals surface area contributed by atoms with E-state index < -0.39 is 17.7 Å². The zero-order valence-corrected chi connectivity index (χ0v) is 20.8. The molecular formula is C29H38N2O4. The molecule has 2 amide bonds. The minimum absolute atomic E-state index is 0.170. The Morgan fingerprint density at radius 2 is 1.86 bits per heavy atom. The lowest BCUT2D eigenvalue weighted by Crippen LogP contribution is -2.30. The number of nitrogens with one attached hydrogen (secondary N) is 2. The summed E-state index contributed by atoms with van der Waals surface area (Å²) in [7, 11) is 0. The lowest BCUT2D eigenvalue weighted by Gasteiger charge is -2.27. The van der Waals surface area contributed by atoms with Gasteiger partial charge in [0.05, 0.1) is 6.04 Å². The van der Waals surface area contributed by atoms with Crippen molar-refractivity contribution in [1.29, 1.82) is 0 Å². The summed E-state index contributed by atoms with van der Waals surface area (Å²) in [4.78, 5) is 37.0. The van der Waals surface area contributed by atoms with Crippen LogP contribution in [0.4, 0.5) is 0 Å². The fraction of sp³-hybridized carbons (Fsp3) is 0.552. The lowest BCUT2D eigenvalue weighted by molar-refractivity contribution is -0.118. The summed E-state index contributed by atoms with van der Waals surface area (Å²) in [5.74, 6) is 2.55.